The first-order valence-corrected chi connectivity index (χ1v) is 9.83. The molecule has 0 unspecified atom stereocenters. The molecule has 7 heteroatoms. The van der Waals surface area contributed by atoms with Crippen LogP contribution in [0.15, 0.2) is 67.1 Å². The van der Waals surface area contributed by atoms with Crippen molar-refractivity contribution >= 4 is 18.0 Å². The van der Waals surface area contributed by atoms with Crippen LogP contribution in [0.4, 0.5) is 0 Å². The zero-order valence-electron chi connectivity index (χ0n) is 16.4. The van der Waals surface area contributed by atoms with Crippen LogP contribution in [0.1, 0.15) is 24.0 Å². The second kappa shape index (κ2) is 9.17. The average Bonchev–Trinajstić information content (AvgIpc) is 3.49. The second-order valence-electron chi connectivity index (χ2n) is 7.14. The minimum atomic E-state index is -0.575. The summed E-state index contributed by atoms with van der Waals surface area (Å²) in [6.45, 7) is 0.329. The molecule has 0 bridgehead atoms. The molecule has 1 aromatic carbocycles. The van der Waals surface area contributed by atoms with Crippen molar-refractivity contribution < 1.29 is 14.3 Å². The van der Waals surface area contributed by atoms with Crippen LogP contribution in [0, 0.1) is 0 Å². The molecule has 2 heterocycles. The van der Waals surface area contributed by atoms with Crippen molar-refractivity contribution in [3.8, 4) is 11.3 Å². The number of carbonyl (C=O) groups excluding carboxylic acids is 2. The minimum Gasteiger partial charge on any atom is -0.452 e. The predicted molar refractivity (Wildman–Crippen MR) is 112 cm³/mol. The summed E-state index contributed by atoms with van der Waals surface area (Å²) in [6, 6.07) is 14.0. The number of hydrogen-bond donors (Lipinski definition) is 1. The van der Waals surface area contributed by atoms with Crippen LogP contribution >= 0.6 is 0 Å². The summed E-state index contributed by atoms with van der Waals surface area (Å²) in [5.41, 5.74) is 3.45. The van der Waals surface area contributed by atoms with Crippen LogP contribution in [0.3, 0.4) is 0 Å². The largest absolute Gasteiger partial charge is 0.452 e. The summed E-state index contributed by atoms with van der Waals surface area (Å²) in [5.74, 6) is -0.847. The van der Waals surface area contributed by atoms with Crippen molar-refractivity contribution in [1.82, 2.24) is 20.1 Å². The molecule has 1 aliphatic carbocycles. The standard InChI is InChI=1S/C23H22N4O3/c28-21(25-20-9-10-20)16-30-22(29)11-8-19-15-27(14-17-5-2-1-3-6-17)26-23(19)18-7-4-12-24-13-18/h1-8,11-13,15,20H,9-10,14,16H2,(H,25,28)/b11-8+. The van der Waals surface area contributed by atoms with Crippen LogP contribution < -0.4 is 5.32 Å². The number of carbonyl (C=O) groups is 2. The topological polar surface area (TPSA) is 86.1 Å². The van der Waals surface area contributed by atoms with Crippen molar-refractivity contribution in [2.24, 2.45) is 0 Å². The third-order valence-corrected chi connectivity index (χ3v) is 4.60. The maximum absolute atomic E-state index is 12.0. The lowest BCUT2D eigenvalue weighted by Gasteiger charge is -2.03. The molecule has 1 amide bonds. The van der Waals surface area contributed by atoms with Crippen molar-refractivity contribution in [2.45, 2.75) is 25.4 Å². The molecule has 30 heavy (non-hydrogen) atoms. The molecule has 1 fully saturated rings. The molecule has 0 spiro atoms. The van der Waals surface area contributed by atoms with E-state index < -0.39 is 5.97 Å². The Balaban J connectivity index is 1.48. The van der Waals surface area contributed by atoms with E-state index >= 15 is 0 Å². The first-order chi connectivity index (χ1) is 14.7. The van der Waals surface area contributed by atoms with Crippen molar-refractivity contribution in [3.05, 3.63) is 78.3 Å². The van der Waals surface area contributed by atoms with Crippen LogP contribution in [0.5, 0.6) is 0 Å². The lowest BCUT2D eigenvalue weighted by atomic mass is 10.1. The van der Waals surface area contributed by atoms with E-state index in [1.807, 2.05) is 53.3 Å². The lowest BCUT2D eigenvalue weighted by molar-refractivity contribution is -0.143. The van der Waals surface area contributed by atoms with Crippen LogP contribution in [-0.4, -0.2) is 39.3 Å². The fourth-order valence-electron chi connectivity index (χ4n) is 2.98. The van der Waals surface area contributed by atoms with E-state index in [-0.39, 0.29) is 18.6 Å². The highest BCUT2D eigenvalue weighted by Gasteiger charge is 2.23. The van der Waals surface area contributed by atoms with Gasteiger partial charge in [0.25, 0.3) is 5.91 Å². The number of nitrogens with one attached hydrogen (secondary N) is 1. The van der Waals surface area contributed by atoms with Gasteiger partial charge in [0.05, 0.1) is 6.54 Å². The number of hydrogen-bond acceptors (Lipinski definition) is 5. The van der Waals surface area contributed by atoms with Gasteiger partial charge in [-0.25, -0.2) is 4.79 Å². The fourth-order valence-corrected chi connectivity index (χ4v) is 2.98. The summed E-state index contributed by atoms with van der Waals surface area (Å²) >= 11 is 0. The van der Waals surface area contributed by atoms with Gasteiger partial charge in [0.1, 0.15) is 5.69 Å². The zero-order valence-corrected chi connectivity index (χ0v) is 16.4. The van der Waals surface area contributed by atoms with Crippen molar-refractivity contribution in [2.75, 3.05) is 6.61 Å². The second-order valence-corrected chi connectivity index (χ2v) is 7.14. The highest BCUT2D eigenvalue weighted by atomic mass is 16.5. The van der Waals surface area contributed by atoms with Gasteiger partial charge in [-0.2, -0.15) is 5.10 Å². The van der Waals surface area contributed by atoms with E-state index in [0.29, 0.717) is 6.54 Å². The molecule has 1 N–H and O–H groups in total. The number of benzene rings is 1. The SMILES string of the molecule is O=C(COC(=O)/C=C/c1cn(Cc2ccccc2)nc1-c1cccnc1)NC1CC1. The number of ether oxygens (including phenoxy) is 1. The Morgan fingerprint density at radius 3 is 2.73 bits per heavy atom. The number of esters is 1. The molecule has 152 valence electrons. The highest BCUT2D eigenvalue weighted by molar-refractivity contribution is 5.90. The minimum absolute atomic E-state index is 0.240. The maximum Gasteiger partial charge on any atom is 0.331 e. The number of pyridine rings is 1. The summed E-state index contributed by atoms with van der Waals surface area (Å²) in [4.78, 5) is 27.9. The maximum atomic E-state index is 12.0. The molecular formula is C23H22N4O3. The van der Waals surface area contributed by atoms with Gasteiger partial charge >= 0.3 is 5.97 Å². The Bertz CT molecular complexity index is 1040. The summed E-state index contributed by atoms with van der Waals surface area (Å²) in [7, 11) is 0. The predicted octanol–water partition coefficient (Wildman–Crippen LogP) is 2.83. The number of rotatable bonds is 8. The molecule has 1 saturated carbocycles. The summed E-state index contributed by atoms with van der Waals surface area (Å²) in [6.07, 6.45) is 10.2. The molecule has 3 aromatic rings. The van der Waals surface area contributed by atoms with Crippen molar-refractivity contribution in [3.63, 3.8) is 0 Å². The van der Waals surface area contributed by atoms with E-state index in [0.717, 1.165) is 35.2 Å². The fraction of sp³-hybridized carbons (Fsp3) is 0.217. The first-order valence-electron chi connectivity index (χ1n) is 9.83. The quantitative estimate of drug-likeness (QED) is 0.463. The Hall–Kier alpha value is -3.74. The molecule has 7 nitrogen and oxygen atoms in total. The van der Waals surface area contributed by atoms with Gasteiger partial charge in [0, 0.05) is 41.8 Å². The monoisotopic (exact) mass is 402 g/mol. The van der Waals surface area contributed by atoms with Gasteiger partial charge in [0.2, 0.25) is 0 Å². The molecule has 2 aromatic heterocycles. The number of amides is 1. The molecule has 0 atom stereocenters. The van der Waals surface area contributed by atoms with Crippen LogP contribution in [0.25, 0.3) is 17.3 Å². The normalized spacial score (nSPS) is 13.3. The highest BCUT2D eigenvalue weighted by Crippen LogP contribution is 2.23. The smallest absolute Gasteiger partial charge is 0.331 e. The Labute approximate surface area is 174 Å². The van der Waals surface area contributed by atoms with E-state index in [1.54, 1.807) is 18.5 Å². The Kier molecular flexibility index (Phi) is 5.98. The van der Waals surface area contributed by atoms with Gasteiger partial charge in [-0.05, 0) is 36.6 Å². The third-order valence-electron chi connectivity index (χ3n) is 4.60. The molecule has 1 aliphatic rings. The third kappa shape index (κ3) is 5.41. The summed E-state index contributed by atoms with van der Waals surface area (Å²) < 4.78 is 6.85. The van der Waals surface area contributed by atoms with E-state index in [9.17, 15) is 9.59 Å². The van der Waals surface area contributed by atoms with E-state index in [1.165, 1.54) is 6.08 Å². The van der Waals surface area contributed by atoms with Gasteiger partial charge in [0.15, 0.2) is 6.61 Å². The summed E-state index contributed by atoms with van der Waals surface area (Å²) in [5, 5.41) is 7.46. The van der Waals surface area contributed by atoms with Gasteiger partial charge in [-0.15, -0.1) is 0 Å². The van der Waals surface area contributed by atoms with Crippen LogP contribution in [0.2, 0.25) is 0 Å². The zero-order chi connectivity index (χ0) is 20.8. The average molecular weight is 402 g/mol. The van der Waals surface area contributed by atoms with E-state index in [4.69, 9.17) is 4.74 Å². The first kappa shape index (κ1) is 19.6. The molecule has 0 radical (unpaired) electrons. The molecular weight excluding hydrogens is 380 g/mol. The Morgan fingerprint density at radius 1 is 1.17 bits per heavy atom. The molecule has 0 aliphatic heterocycles. The molecule has 4 rings (SSSR count). The number of nitrogens with zero attached hydrogens (tertiary/aromatic N) is 3. The number of aromatic nitrogens is 3. The van der Waals surface area contributed by atoms with Crippen LogP contribution in [-0.2, 0) is 20.9 Å². The van der Waals surface area contributed by atoms with E-state index in [2.05, 4.69) is 15.4 Å². The van der Waals surface area contributed by atoms with Gasteiger partial charge in [-0.3, -0.25) is 14.5 Å². The van der Waals surface area contributed by atoms with Crippen molar-refractivity contribution in [1.29, 1.82) is 0 Å². The lowest BCUT2D eigenvalue weighted by Crippen LogP contribution is -2.30. The van der Waals surface area contributed by atoms with Gasteiger partial charge < -0.3 is 10.1 Å². The van der Waals surface area contributed by atoms with Gasteiger partial charge in [-0.1, -0.05) is 30.3 Å². The molecule has 0 saturated heterocycles. The Morgan fingerprint density at radius 2 is 2.00 bits per heavy atom.